The van der Waals surface area contributed by atoms with Crippen molar-refractivity contribution in [3.05, 3.63) is 0 Å². The van der Waals surface area contributed by atoms with Crippen LogP contribution in [0.3, 0.4) is 0 Å². The topological polar surface area (TPSA) is 107 Å². The van der Waals surface area contributed by atoms with Crippen molar-refractivity contribution in [2.45, 2.75) is 69.9 Å². The van der Waals surface area contributed by atoms with Crippen LogP contribution in [0.25, 0.3) is 0 Å². The van der Waals surface area contributed by atoms with E-state index in [9.17, 15) is 19.7 Å². The molecule has 0 amide bonds. The van der Waals surface area contributed by atoms with Crippen LogP contribution in [0.4, 0.5) is 0 Å². The smallest absolute Gasteiger partial charge is 0.203 e. The first-order chi connectivity index (χ1) is 9.91. The summed E-state index contributed by atoms with van der Waals surface area (Å²) in [5, 5.41) is 28.4. The summed E-state index contributed by atoms with van der Waals surface area (Å²) in [4.78, 5) is 9.96. The third-order valence-corrected chi connectivity index (χ3v) is 5.91. The molecular formula is C14H29O6P. The summed E-state index contributed by atoms with van der Waals surface area (Å²) in [6, 6.07) is 0. The van der Waals surface area contributed by atoms with Crippen LogP contribution >= 0.6 is 7.37 Å². The fourth-order valence-electron chi connectivity index (χ4n) is 2.64. The van der Waals surface area contributed by atoms with Crippen molar-refractivity contribution in [3.63, 3.8) is 0 Å². The maximum atomic E-state index is 12.1. The molecule has 7 heteroatoms. The minimum atomic E-state index is -3.38. The predicted molar refractivity (Wildman–Crippen MR) is 80.7 cm³/mol. The zero-order valence-electron chi connectivity index (χ0n) is 12.7. The zero-order valence-corrected chi connectivity index (χ0v) is 13.6. The summed E-state index contributed by atoms with van der Waals surface area (Å²) in [6.07, 6.45) is 2.08. The van der Waals surface area contributed by atoms with Crippen molar-refractivity contribution in [1.82, 2.24) is 0 Å². The molecule has 0 aliphatic carbocycles. The SMILES string of the molecule is CCCCCCCCP(=O)(O)C[C@@H]1O[C@H](CO)[C@@H](O)[C@@H]1O. The first-order valence-electron chi connectivity index (χ1n) is 7.84. The van der Waals surface area contributed by atoms with E-state index in [4.69, 9.17) is 9.84 Å². The maximum Gasteiger partial charge on any atom is 0.203 e. The minimum Gasteiger partial charge on any atom is -0.394 e. The Morgan fingerprint density at radius 1 is 1.00 bits per heavy atom. The molecule has 1 unspecified atom stereocenters. The van der Waals surface area contributed by atoms with Gasteiger partial charge in [-0.25, -0.2) is 0 Å². The van der Waals surface area contributed by atoms with E-state index in [1.54, 1.807) is 0 Å². The lowest BCUT2D eigenvalue weighted by molar-refractivity contribution is -0.0168. The van der Waals surface area contributed by atoms with Gasteiger partial charge in [0.1, 0.15) is 18.3 Å². The van der Waals surface area contributed by atoms with E-state index in [0.717, 1.165) is 19.3 Å². The molecule has 6 nitrogen and oxygen atoms in total. The highest BCUT2D eigenvalue weighted by atomic mass is 31.2. The van der Waals surface area contributed by atoms with Gasteiger partial charge in [0.15, 0.2) is 0 Å². The third kappa shape index (κ3) is 6.35. The zero-order chi connectivity index (χ0) is 15.9. The maximum absolute atomic E-state index is 12.1. The minimum absolute atomic E-state index is 0.170. The molecule has 126 valence electrons. The largest absolute Gasteiger partial charge is 0.394 e. The second-order valence-electron chi connectivity index (χ2n) is 5.90. The molecule has 5 atom stereocenters. The number of aliphatic hydroxyl groups is 3. The molecule has 1 heterocycles. The Morgan fingerprint density at radius 2 is 1.57 bits per heavy atom. The molecule has 0 radical (unpaired) electrons. The van der Waals surface area contributed by atoms with Gasteiger partial charge >= 0.3 is 0 Å². The molecule has 1 saturated heterocycles. The monoisotopic (exact) mass is 324 g/mol. The Bertz CT molecular complexity index is 337. The van der Waals surface area contributed by atoms with Crippen LogP contribution in [-0.2, 0) is 9.30 Å². The number of ether oxygens (including phenoxy) is 1. The van der Waals surface area contributed by atoms with Gasteiger partial charge in [-0.3, -0.25) is 4.57 Å². The van der Waals surface area contributed by atoms with Crippen LogP contribution in [-0.4, -0.2) is 63.6 Å². The summed E-state index contributed by atoms with van der Waals surface area (Å²) in [5.74, 6) is 0. The van der Waals surface area contributed by atoms with E-state index in [0.29, 0.717) is 6.42 Å². The third-order valence-electron chi connectivity index (χ3n) is 3.97. The van der Waals surface area contributed by atoms with E-state index < -0.39 is 38.4 Å². The predicted octanol–water partition coefficient (Wildman–Crippen LogP) is 1.10. The Balaban J connectivity index is 2.30. The average molecular weight is 324 g/mol. The molecule has 1 aliphatic heterocycles. The van der Waals surface area contributed by atoms with E-state index in [1.165, 1.54) is 12.8 Å². The van der Waals surface area contributed by atoms with Gasteiger partial charge < -0.3 is 24.9 Å². The Morgan fingerprint density at radius 3 is 2.14 bits per heavy atom. The Kier molecular flexibility index (Phi) is 8.39. The lowest BCUT2D eigenvalue weighted by Gasteiger charge is -2.18. The molecule has 0 aromatic carbocycles. The summed E-state index contributed by atoms with van der Waals surface area (Å²) >= 11 is 0. The average Bonchev–Trinajstić information content (AvgIpc) is 2.70. The van der Waals surface area contributed by atoms with Crippen LogP contribution in [0.15, 0.2) is 0 Å². The highest BCUT2D eigenvalue weighted by molar-refractivity contribution is 7.58. The lowest BCUT2D eigenvalue weighted by atomic mass is 10.1. The summed E-state index contributed by atoms with van der Waals surface area (Å²) in [6.45, 7) is 1.73. The van der Waals surface area contributed by atoms with E-state index in [2.05, 4.69) is 6.92 Å². The van der Waals surface area contributed by atoms with Gasteiger partial charge in [-0.1, -0.05) is 39.0 Å². The van der Waals surface area contributed by atoms with Crippen LogP contribution in [0, 0.1) is 0 Å². The highest BCUT2D eigenvalue weighted by Crippen LogP contribution is 2.44. The molecule has 0 aromatic heterocycles. The molecule has 0 aromatic rings. The van der Waals surface area contributed by atoms with Gasteiger partial charge in [-0.15, -0.1) is 0 Å². The standard InChI is InChI=1S/C14H29O6P/c1-2-3-4-5-6-7-8-21(18,19)10-12-14(17)13(16)11(9-15)20-12/h11-17H,2-10H2,1H3,(H,18,19)/t11-,12+,13-,14-/m1/s1. The van der Waals surface area contributed by atoms with Gasteiger partial charge in [0.2, 0.25) is 7.37 Å². The van der Waals surface area contributed by atoms with Crippen molar-refractivity contribution in [3.8, 4) is 0 Å². The first-order valence-corrected chi connectivity index (χ1v) is 9.87. The number of hydrogen-bond acceptors (Lipinski definition) is 5. The van der Waals surface area contributed by atoms with E-state index >= 15 is 0 Å². The van der Waals surface area contributed by atoms with Crippen LogP contribution < -0.4 is 0 Å². The van der Waals surface area contributed by atoms with Gasteiger partial charge in [0, 0.05) is 6.16 Å². The van der Waals surface area contributed by atoms with Gasteiger partial charge in [0.05, 0.1) is 18.9 Å². The number of aliphatic hydroxyl groups excluding tert-OH is 3. The molecule has 1 rings (SSSR count). The van der Waals surface area contributed by atoms with Crippen LogP contribution in [0.1, 0.15) is 45.4 Å². The van der Waals surface area contributed by atoms with Crippen molar-refractivity contribution in [2.75, 3.05) is 18.9 Å². The fraction of sp³-hybridized carbons (Fsp3) is 1.00. The number of rotatable bonds is 10. The Hall–Kier alpha value is 0.0300. The second-order valence-corrected chi connectivity index (χ2v) is 8.40. The molecule has 0 spiro atoms. The molecular weight excluding hydrogens is 295 g/mol. The molecule has 4 N–H and O–H groups in total. The van der Waals surface area contributed by atoms with Crippen LogP contribution in [0.5, 0.6) is 0 Å². The van der Waals surface area contributed by atoms with Gasteiger partial charge in [-0.2, -0.15) is 0 Å². The van der Waals surface area contributed by atoms with Crippen LogP contribution in [0.2, 0.25) is 0 Å². The summed E-state index contributed by atoms with van der Waals surface area (Å²) < 4.78 is 17.4. The molecule has 1 fully saturated rings. The lowest BCUT2D eigenvalue weighted by Crippen LogP contribution is -2.34. The van der Waals surface area contributed by atoms with Gasteiger partial charge in [0.25, 0.3) is 0 Å². The van der Waals surface area contributed by atoms with Crippen molar-refractivity contribution in [1.29, 1.82) is 0 Å². The second kappa shape index (κ2) is 9.23. The van der Waals surface area contributed by atoms with Gasteiger partial charge in [-0.05, 0) is 6.42 Å². The summed E-state index contributed by atoms with van der Waals surface area (Å²) in [5.41, 5.74) is 0. The normalized spacial score (nSPS) is 32.2. The summed E-state index contributed by atoms with van der Waals surface area (Å²) in [7, 11) is -3.38. The number of hydrogen-bond donors (Lipinski definition) is 4. The first kappa shape index (κ1) is 19.1. The molecule has 0 bridgehead atoms. The van der Waals surface area contributed by atoms with Crippen molar-refractivity contribution >= 4 is 7.37 Å². The Labute approximate surface area is 126 Å². The fourth-order valence-corrected chi connectivity index (χ4v) is 4.40. The molecule has 0 saturated carbocycles. The quantitative estimate of drug-likeness (QED) is 0.354. The highest BCUT2D eigenvalue weighted by Gasteiger charge is 2.44. The van der Waals surface area contributed by atoms with Crippen molar-refractivity contribution < 1.29 is 29.5 Å². The molecule has 1 aliphatic rings. The van der Waals surface area contributed by atoms with E-state index in [-0.39, 0.29) is 12.3 Å². The van der Waals surface area contributed by atoms with E-state index in [1.807, 2.05) is 0 Å². The molecule has 21 heavy (non-hydrogen) atoms. The number of unbranched alkanes of at least 4 members (excludes halogenated alkanes) is 5. The van der Waals surface area contributed by atoms with Crippen molar-refractivity contribution in [2.24, 2.45) is 0 Å².